The Morgan fingerprint density at radius 2 is 0.927 bits per heavy atom. The molecule has 0 bridgehead atoms. The first-order chi connectivity index (χ1) is 25.8. The summed E-state index contributed by atoms with van der Waals surface area (Å²) >= 11 is 0. The van der Waals surface area contributed by atoms with Crippen LogP contribution in [0.3, 0.4) is 0 Å². The van der Waals surface area contributed by atoms with Gasteiger partial charge in [0.05, 0.1) is 17.8 Å². The Hall–Kier alpha value is -5.40. The van der Waals surface area contributed by atoms with Crippen LogP contribution < -0.4 is 0 Å². The molecular weight excluding hydrogens is 496 g/mol. The van der Waals surface area contributed by atoms with E-state index in [-0.39, 0.29) is 55.1 Å². The standard InChI is InChI=1S/C40H26O/c1-4-14-27(15-5-1)30-24-25-36-35(26-30)39(40(41-36)29-18-8-3-9-19-29)38-33-22-12-10-20-31(33)37(28-16-6-2-7-17-28)32-21-11-13-23-34(32)38/h1-26H/i3D,8D,9D,10D,11D,12D,13D,18D,19D,20D,21D,22D,23D. The molecule has 8 aromatic rings. The molecule has 0 N–H and O–H groups in total. The van der Waals surface area contributed by atoms with Gasteiger partial charge < -0.3 is 4.42 Å². The zero-order valence-corrected chi connectivity index (χ0v) is 21.4. The van der Waals surface area contributed by atoms with Crippen molar-refractivity contribution in [3.8, 4) is 44.7 Å². The molecule has 0 saturated heterocycles. The minimum atomic E-state index is -0.639. The average Bonchev–Trinajstić information content (AvgIpc) is 3.56. The van der Waals surface area contributed by atoms with E-state index in [0.29, 0.717) is 16.5 Å². The summed E-state index contributed by atoms with van der Waals surface area (Å²) in [4.78, 5) is 0. The van der Waals surface area contributed by atoms with Crippen molar-refractivity contribution in [3.05, 3.63) is 157 Å². The summed E-state index contributed by atoms with van der Waals surface area (Å²) in [6.07, 6.45) is 0. The summed E-state index contributed by atoms with van der Waals surface area (Å²) < 4.78 is 122. The van der Waals surface area contributed by atoms with Crippen molar-refractivity contribution in [2.45, 2.75) is 0 Å². The minimum absolute atomic E-state index is 0.0275. The molecule has 1 heteroatoms. The van der Waals surface area contributed by atoms with E-state index in [0.717, 1.165) is 5.56 Å². The smallest absolute Gasteiger partial charge is 0.143 e. The summed E-state index contributed by atoms with van der Waals surface area (Å²) in [5.74, 6) is -0.234. The van der Waals surface area contributed by atoms with Crippen molar-refractivity contribution in [1.82, 2.24) is 0 Å². The fraction of sp³-hybridized carbons (Fsp3) is 0. The van der Waals surface area contributed by atoms with Gasteiger partial charge in [-0.15, -0.1) is 0 Å². The van der Waals surface area contributed by atoms with E-state index in [2.05, 4.69) is 0 Å². The topological polar surface area (TPSA) is 13.1 Å². The molecule has 1 heterocycles. The highest BCUT2D eigenvalue weighted by molar-refractivity contribution is 6.25. The number of hydrogen-bond donors (Lipinski definition) is 0. The van der Waals surface area contributed by atoms with E-state index in [9.17, 15) is 5.48 Å². The normalized spacial score (nSPS) is 15.9. The van der Waals surface area contributed by atoms with Crippen molar-refractivity contribution < 1.29 is 22.2 Å². The van der Waals surface area contributed by atoms with Gasteiger partial charge in [0.25, 0.3) is 0 Å². The van der Waals surface area contributed by atoms with Crippen LogP contribution in [0, 0.1) is 0 Å². The van der Waals surface area contributed by atoms with E-state index >= 15 is 0 Å². The lowest BCUT2D eigenvalue weighted by Crippen LogP contribution is -1.91. The molecule has 1 aromatic heterocycles. The van der Waals surface area contributed by atoms with Gasteiger partial charge in [-0.2, -0.15) is 0 Å². The Kier molecular flexibility index (Phi) is 3.25. The van der Waals surface area contributed by atoms with Gasteiger partial charge in [0.15, 0.2) is 0 Å². The van der Waals surface area contributed by atoms with Gasteiger partial charge in [-0.25, -0.2) is 0 Å². The second-order valence-electron chi connectivity index (χ2n) is 9.50. The van der Waals surface area contributed by atoms with Crippen LogP contribution in [0.1, 0.15) is 17.8 Å². The molecule has 0 fully saturated rings. The summed E-state index contributed by atoms with van der Waals surface area (Å²) in [5, 5.41) is 0.0614. The summed E-state index contributed by atoms with van der Waals surface area (Å²) in [6.45, 7) is 0. The fourth-order valence-corrected chi connectivity index (χ4v) is 5.46. The van der Waals surface area contributed by atoms with Crippen LogP contribution in [-0.4, -0.2) is 0 Å². The number of hydrogen-bond acceptors (Lipinski definition) is 1. The first kappa shape index (κ1) is 13.8. The number of furan rings is 1. The molecule has 1 nitrogen and oxygen atoms in total. The highest BCUT2D eigenvalue weighted by atomic mass is 16.3. The number of rotatable bonds is 4. The van der Waals surface area contributed by atoms with Crippen LogP contribution in [0.4, 0.5) is 0 Å². The van der Waals surface area contributed by atoms with E-state index in [1.54, 1.807) is 48.5 Å². The predicted octanol–water partition coefficient (Wildman–Crippen LogP) is 11.4. The largest absolute Gasteiger partial charge is 0.455 e. The zero-order valence-electron chi connectivity index (χ0n) is 34.4. The third-order valence-corrected chi connectivity index (χ3v) is 7.21. The first-order valence-electron chi connectivity index (χ1n) is 19.5. The SMILES string of the molecule is [2H]c1c([2H])c([2H])c(-c2oc3ccc(-c4ccccc4)cc3c2-c2c3c([2H])c([2H])c([2H])c([2H])c3c(-c3ccccc3)c3c([2H])c([2H])c([2H])c([2H])c23)c([2H])c1[2H]. The van der Waals surface area contributed by atoms with E-state index in [1.807, 2.05) is 30.3 Å². The van der Waals surface area contributed by atoms with Crippen molar-refractivity contribution in [3.63, 3.8) is 0 Å². The molecular formula is C40H26O. The number of benzene rings is 7. The van der Waals surface area contributed by atoms with Gasteiger partial charge in [0.1, 0.15) is 11.3 Å². The maximum Gasteiger partial charge on any atom is 0.143 e. The highest BCUT2D eigenvalue weighted by Gasteiger charge is 2.24. The van der Waals surface area contributed by atoms with E-state index in [1.165, 1.54) is 0 Å². The molecule has 0 aliphatic carbocycles. The molecule has 7 aromatic carbocycles. The van der Waals surface area contributed by atoms with Crippen LogP contribution in [0.2, 0.25) is 0 Å². The molecule has 0 radical (unpaired) electrons. The molecule has 8 rings (SSSR count). The van der Waals surface area contributed by atoms with Gasteiger partial charge in [0.2, 0.25) is 0 Å². The molecule has 0 unspecified atom stereocenters. The predicted molar refractivity (Wildman–Crippen MR) is 173 cm³/mol. The maximum atomic E-state index is 9.39. The molecule has 0 atom stereocenters. The Bertz CT molecular complexity index is 2790. The van der Waals surface area contributed by atoms with Gasteiger partial charge in [-0.1, -0.05) is 145 Å². The van der Waals surface area contributed by atoms with Crippen LogP contribution in [0.25, 0.3) is 77.2 Å². The van der Waals surface area contributed by atoms with E-state index in [4.69, 9.17) is 16.8 Å². The molecule has 41 heavy (non-hydrogen) atoms. The monoisotopic (exact) mass is 535 g/mol. The maximum absolute atomic E-state index is 9.39. The molecule has 0 aliphatic heterocycles. The lowest BCUT2D eigenvalue weighted by Gasteiger charge is -2.18. The van der Waals surface area contributed by atoms with Gasteiger partial charge in [-0.3, -0.25) is 0 Å². The molecule has 0 aliphatic rings. The lowest BCUT2D eigenvalue weighted by atomic mass is 9.84. The lowest BCUT2D eigenvalue weighted by molar-refractivity contribution is 0.632. The van der Waals surface area contributed by atoms with Gasteiger partial charge in [-0.05, 0) is 55.9 Å². The van der Waals surface area contributed by atoms with Crippen LogP contribution in [-0.2, 0) is 0 Å². The Morgan fingerprint density at radius 3 is 1.54 bits per heavy atom. The molecule has 0 spiro atoms. The van der Waals surface area contributed by atoms with E-state index < -0.39 is 78.6 Å². The first-order valence-corrected chi connectivity index (χ1v) is 13.0. The third kappa shape index (κ3) is 3.86. The summed E-state index contributed by atoms with van der Waals surface area (Å²) in [6, 6.07) is 15.7. The Labute approximate surface area is 257 Å². The quantitative estimate of drug-likeness (QED) is 0.204. The Morgan fingerprint density at radius 1 is 0.390 bits per heavy atom. The second kappa shape index (κ2) is 9.66. The van der Waals surface area contributed by atoms with Crippen LogP contribution in [0.5, 0.6) is 0 Å². The Balaban J connectivity index is 1.73. The van der Waals surface area contributed by atoms with Crippen molar-refractivity contribution in [2.24, 2.45) is 0 Å². The average molecular weight is 536 g/mol. The summed E-state index contributed by atoms with van der Waals surface area (Å²) in [7, 11) is 0. The third-order valence-electron chi connectivity index (χ3n) is 7.21. The van der Waals surface area contributed by atoms with Crippen molar-refractivity contribution in [2.75, 3.05) is 0 Å². The zero-order chi connectivity index (χ0) is 38.5. The minimum Gasteiger partial charge on any atom is -0.455 e. The fourth-order valence-electron chi connectivity index (χ4n) is 5.46. The van der Waals surface area contributed by atoms with Crippen LogP contribution in [0.15, 0.2) is 162 Å². The second-order valence-corrected chi connectivity index (χ2v) is 9.50. The molecule has 0 saturated carbocycles. The van der Waals surface area contributed by atoms with Gasteiger partial charge in [0, 0.05) is 22.1 Å². The highest BCUT2D eigenvalue weighted by Crippen LogP contribution is 2.49. The molecule has 192 valence electrons. The number of fused-ring (bicyclic) bond motifs is 3. The summed E-state index contributed by atoms with van der Waals surface area (Å²) in [5.41, 5.74) is 1.92. The molecule has 0 amide bonds. The van der Waals surface area contributed by atoms with Gasteiger partial charge >= 0.3 is 0 Å². The van der Waals surface area contributed by atoms with Crippen molar-refractivity contribution >= 4 is 32.5 Å². The van der Waals surface area contributed by atoms with Crippen LogP contribution >= 0.6 is 0 Å². The van der Waals surface area contributed by atoms with Crippen molar-refractivity contribution in [1.29, 1.82) is 0 Å².